The molecule has 2 rings (SSSR count). The van der Waals surface area contributed by atoms with Crippen LogP contribution in [0.5, 0.6) is 0 Å². The van der Waals surface area contributed by atoms with Gasteiger partial charge in [-0.1, -0.05) is 18.2 Å². The van der Waals surface area contributed by atoms with Crippen LogP contribution in [0.15, 0.2) is 30.3 Å². The van der Waals surface area contributed by atoms with E-state index in [0.29, 0.717) is 6.42 Å². The fraction of sp³-hybridized carbons (Fsp3) is 0.474. The van der Waals surface area contributed by atoms with Crippen molar-refractivity contribution in [3.05, 3.63) is 47.3 Å². The lowest BCUT2D eigenvalue weighted by Crippen LogP contribution is -2.27. The standard InChI is InChI=1S/C19H28N4O/c1-15-18(11-12-19(24)20-13-8-14-22(3)4)16(2)23(21-15)17-9-6-5-7-10-17/h5-7,9-10H,8,11-14H2,1-4H3,(H,20,24). The van der Waals surface area contributed by atoms with Crippen LogP contribution in [0.3, 0.4) is 0 Å². The highest BCUT2D eigenvalue weighted by atomic mass is 16.1. The number of para-hydroxylation sites is 1. The average Bonchev–Trinajstić information content (AvgIpc) is 2.85. The topological polar surface area (TPSA) is 50.2 Å². The minimum Gasteiger partial charge on any atom is -0.356 e. The molecule has 0 saturated heterocycles. The molecule has 0 fully saturated rings. The number of amides is 1. The number of nitrogens with zero attached hydrogens (tertiary/aromatic N) is 3. The molecular weight excluding hydrogens is 300 g/mol. The van der Waals surface area contributed by atoms with Crippen LogP contribution in [0.25, 0.3) is 5.69 Å². The minimum absolute atomic E-state index is 0.111. The van der Waals surface area contributed by atoms with Crippen LogP contribution in [0.4, 0.5) is 0 Å². The van der Waals surface area contributed by atoms with E-state index in [-0.39, 0.29) is 5.91 Å². The zero-order chi connectivity index (χ0) is 17.5. The van der Waals surface area contributed by atoms with E-state index < -0.39 is 0 Å². The van der Waals surface area contributed by atoms with Crippen molar-refractivity contribution in [2.24, 2.45) is 0 Å². The Labute approximate surface area is 144 Å². The third kappa shape index (κ3) is 4.93. The highest BCUT2D eigenvalue weighted by molar-refractivity contribution is 5.76. The van der Waals surface area contributed by atoms with E-state index in [1.165, 1.54) is 5.56 Å². The zero-order valence-electron chi connectivity index (χ0n) is 15.2. The molecule has 2 aromatic rings. The molecule has 1 heterocycles. The van der Waals surface area contributed by atoms with E-state index in [4.69, 9.17) is 0 Å². The molecule has 0 saturated carbocycles. The van der Waals surface area contributed by atoms with Crippen molar-refractivity contribution in [1.82, 2.24) is 20.0 Å². The molecule has 1 aromatic heterocycles. The van der Waals surface area contributed by atoms with Crippen molar-refractivity contribution in [3.63, 3.8) is 0 Å². The predicted molar refractivity (Wildman–Crippen MR) is 97.5 cm³/mol. The van der Waals surface area contributed by atoms with E-state index in [2.05, 4.69) is 22.2 Å². The molecule has 0 aliphatic heterocycles. The van der Waals surface area contributed by atoms with E-state index in [1.807, 2.05) is 56.0 Å². The molecule has 1 aromatic carbocycles. The fourth-order valence-electron chi connectivity index (χ4n) is 2.81. The lowest BCUT2D eigenvalue weighted by Gasteiger charge is -2.10. The zero-order valence-corrected chi connectivity index (χ0v) is 15.2. The maximum absolute atomic E-state index is 12.0. The normalized spacial score (nSPS) is 11.0. The van der Waals surface area contributed by atoms with E-state index in [9.17, 15) is 4.79 Å². The molecule has 5 nitrogen and oxygen atoms in total. The first-order valence-corrected chi connectivity index (χ1v) is 8.51. The number of hydrogen-bond acceptors (Lipinski definition) is 3. The Balaban J connectivity index is 1.91. The Hall–Kier alpha value is -2.14. The van der Waals surface area contributed by atoms with Crippen molar-refractivity contribution in [1.29, 1.82) is 0 Å². The quantitative estimate of drug-likeness (QED) is 0.758. The van der Waals surface area contributed by atoms with Crippen LogP contribution < -0.4 is 5.32 Å². The highest BCUT2D eigenvalue weighted by Crippen LogP contribution is 2.19. The fourth-order valence-corrected chi connectivity index (χ4v) is 2.81. The maximum atomic E-state index is 12.0. The van der Waals surface area contributed by atoms with Gasteiger partial charge in [0, 0.05) is 18.7 Å². The Kier molecular flexibility index (Phi) is 6.55. The van der Waals surface area contributed by atoms with Crippen molar-refractivity contribution in [2.75, 3.05) is 27.2 Å². The van der Waals surface area contributed by atoms with Crippen molar-refractivity contribution in [3.8, 4) is 5.69 Å². The molecular formula is C19H28N4O. The van der Waals surface area contributed by atoms with Crippen LogP contribution in [0, 0.1) is 13.8 Å². The Morgan fingerprint density at radius 3 is 2.58 bits per heavy atom. The summed E-state index contributed by atoms with van der Waals surface area (Å²) in [5.41, 5.74) is 4.33. The Morgan fingerprint density at radius 2 is 1.92 bits per heavy atom. The first-order valence-electron chi connectivity index (χ1n) is 8.51. The Bertz CT molecular complexity index is 662. The summed E-state index contributed by atoms with van der Waals surface area (Å²) in [7, 11) is 4.08. The SMILES string of the molecule is Cc1nn(-c2ccccc2)c(C)c1CCC(=O)NCCCN(C)C. The number of aryl methyl sites for hydroxylation is 1. The second-order valence-corrected chi connectivity index (χ2v) is 6.40. The van der Waals surface area contributed by atoms with Gasteiger partial charge in [-0.15, -0.1) is 0 Å². The second-order valence-electron chi connectivity index (χ2n) is 6.40. The van der Waals surface area contributed by atoms with E-state index >= 15 is 0 Å². The summed E-state index contributed by atoms with van der Waals surface area (Å²) in [4.78, 5) is 14.1. The van der Waals surface area contributed by atoms with Crippen LogP contribution in [0.2, 0.25) is 0 Å². The molecule has 0 atom stereocenters. The molecule has 130 valence electrons. The van der Waals surface area contributed by atoms with Gasteiger partial charge in [-0.3, -0.25) is 4.79 Å². The minimum atomic E-state index is 0.111. The van der Waals surface area contributed by atoms with Gasteiger partial charge in [0.15, 0.2) is 0 Å². The van der Waals surface area contributed by atoms with Crippen LogP contribution in [-0.4, -0.2) is 47.8 Å². The average molecular weight is 328 g/mol. The van der Waals surface area contributed by atoms with Gasteiger partial charge < -0.3 is 10.2 Å². The van der Waals surface area contributed by atoms with Gasteiger partial charge in [-0.25, -0.2) is 4.68 Å². The summed E-state index contributed by atoms with van der Waals surface area (Å²) >= 11 is 0. The van der Waals surface area contributed by atoms with Crippen LogP contribution in [0.1, 0.15) is 29.8 Å². The number of nitrogens with one attached hydrogen (secondary N) is 1. The van der Waals surface area contributed by atoms with E-state index in [0.717, 1.165) is 43.0 Å². The summed E-state index contributed by atoms with van der Waals surface area (Å²) in [6, 6.07) is 10.1. The third-order valence-electron chi connectivity index (χ3n) is 4.15. The van der Waals surface area contributed by atoms with Crippen LogP contribution >= 0.6 is 0 Å². The molecule has 0 aliphatic rings. The van der Waals surface area contributed by atoms with Crippen molar-refractivity contribution < 1.29 is 4.79 Å². The van der Waals surface area contributed by atoms with Gasteiger partial charge >= 0.3 is 0 Å². The Morgan fingerprint density at radius 1 is 1.21 bits per heavy atom. The molecule has 24 heavy (non-hydrogen) atoms. The molecule has 5 heteroatoms. The number of benzene rings is 1. The van der Waals surface area contributed by atoms with Crippen molar-refractivity contribution in [2.45, 2.75) is 33.1 Å². The van der Waals surface area contributed by atoms with Gasteiger partial charge in [0.2, 0.25) is 5.91 Å². The molecule has 0 radical (unpaired) electrons. The first kappa shape index (κ1) is 18.2. The number of carbonyl (C=O) groups excluding carboxylic acids is 1. The molecule has 0 spiro atoms. The van der Waals surface area contributed by atoms with Crippen LogP contribution in [-0.2, 0) is 11.2 Å². The van der Waals surface area contributed by atoms with Gasteiger partial charge in [0.1, 0.15) is 0 Å². The second kappa shape index (κ2) is 8.64. The number of aromatic nitrogens is 2. The molecule has 1 N–H and O–H groups in total. The largest absolute Gasteiger partial charge is 0.356 e. The molecule has 0 aliphatic carbocycles. The summed E-state index contributed by atoms with van der Waals surface area (Å²) in [6.45, 7) is 5.80. The lowest BCUT2D eigenvalue weighted by atomic mass is 10.1. The summed E-state index contributed by atoms with van der Waals surface area (Å²) < 4.78 is 1.96. The monoisotopic (exact) mass is 328 g/mol. The molecule has 1 amide bonds. The van der Waals surface area contributed by atoms with Gasteiger partial charge in [-0.2, -0.15) is 5.10 Å². The number of carbonyl (C=O) groups is 1. The smallest absolute Gasteiger partial charge is 0.220 e. The summed E-state index contributed by atoms with van der Waals surface area (Å²) in [6.07, 6.45) is 2.21. The lowest BCUT2D eigenvalue weighted by molar-refractivity contribution is -0.121. The van der Waals surface area contributed by atoms with Gasteiger partial charge in [0.25, 0.3) is 0 Å². The third-order valence-corrected chi connectivity index (χ3v) is 4.15. The summed E-state index contributed by atoms with van der Waals surface area (Å²) in [5, 5.41) is 7.63. The molecule has 0 bridgehead atoms. The highest BCUT2D eigenvalue weighted by Gasteiger charge is 2.13. The first-order chi connectivity index (χ1) is 11.5. The predicted octanol–water partition coefficient (Wildman–Crippen LogP) is 2.49. The van der Waals surface area contributed by atoms with Crippen molar-refractivity contribution >= 4 is 5.91 Å². The van der Waals surface area contributed by atoms with Gasteiger partial charge in [0.05, 0.1) is 11.4 Å². The number of rotatable bonds is 8. The molecule has 0 unspecified atom stereocenters. The van der Waals surface area contributed by atoms with Gasteiger partial charge in [-0.05, 0) is 65.0 Å². The summed E-state index contributed by atoms with van der Waals surface area (Å²) in [5.74, 6) is 0.111. The number of hydrogen-bond donors (Lipinski definition) is 1. The maximum Gasteiger partial charge on any atom is 0.220 e. The van der Waals surface area contributed by atoms with E-state index in [1.54, 1.807) is 0 Å².